The van der Waals surface area contributed by atoms with E-state index in [0.29, 0.717) is 41.8 Å². The van der Waals surface area contributed by atoms with Crippen LogP contribution in [0, 0.1) is 35.5 Å². The van der Waals surface area contributed by atoms with Crippen molar-refractivity contribution >= 4 is 5.97 Å². The zero-order chi connectivity index (χ0) is 18.3. The van der Waals surface area contributed by atoms with E-state index in [4.69, 9.17) is 9.47 Å². The molecule has 0 amide bonds. The molecule has 0 radical (unpaired) electrons. The Hall–Kier alpha value is -0.910. The van der Waals surface area contributed by atoms with Gasteiger partial charge in [-0.3, -0.25) is 0 Å². The summed E-state index contributed by atoms with van der Waals surface area (Å²) in [7, 11) is 0. The van der Waals surface area contributed by atoms with Crippen molar-refractivity contribution in [3.05, 3.63) is 12.2 Å². The van der Waals surface area contributed by atoms with Gasteiger partial charge in [0.25, 0.3) is 0 Å². The number of aliphatic hydroxyl groups excluding tert-OH is 1. The molecule has 0 aliphatic heterocycles. The van der Waals surface area contributed by atoms with Gasteiger partial charge in [0.2, 0.25) is 0 Å². The standard InChI is InChI=1S/C21H30O5/c1-11(2)19(23)25-6-7-26-21-10-14(13-4-3-5-15(13)21)17-12-8-16(22)20(24,9-12)18(17)21/h12-18,22,24H,1,3-10H2,2H3. The summed E-state index contributed by atoms with van der Waals surface area (Å²) in [5.74, 6) is 2.45. The number of fused-ring (bicyclic) bond motifs is 12. The second kappa shape index (κ2) is 5.55. The quantitative estimate of drug-likeness (QED) is 0.339. The van der Waals surface area contributed by atoms with E-state index >= 15 is 0 Å². The van der Waals surface area contributed by atoms with Crippen LogP contribution in [0.2, 0.25) is 0 Å². The maximum atomic E-state index is 11.6. The Balaban J connectivity index is 1.38. The Morgan fingerprint density at radius 1 is 1.23 bits per heavy atom. The topological polar surface area (TPSA) is 76.0 Å². The van der Waals surface area contributed by atoms with Crippen LogP contribution >= 0.6 is 0 Å². The molecule has 4 bridgehead atoms. The molecule has 0 spiro atoms. The van der Waals surface area contributed by atoms with Crippen LogP contribution < -0.4 is 0 Å². The van der Waals surface area contributed by atoms with E-state index in [9.17, 15) is 15.0 Å². The highest BCUT2D eigenvalue weighted by Crippen LogP contribution is 2.76. The molecule has 0 aromatic carbocycles. The molecular weight excluding hydrogens is 332 g/mol. The fraction of sp³-hybridized carbons (Fsp3) is 0.857. The van der Waals surface area contributed by atoms with E-state index in [1.165, 1.54) is 12.8 Å². The van der Waals surface area contributed by atoms with Crippen LogP contribution in [0.5, 0.6) is 0 Å². The first-order valence-electron chi connectivity index (χ1n) is 10.3. The summed E-state index contributed by atoms with van der Waals surface area (Å²) < 4.78 is 11.7. The fourth-order valence-corrected chi connectivity index (χ4v) is 8.01. The first kappa shape index (κ1) is 17.2. The lowest BCUT2D eigenvalue weighted by Gasteiger charge is -2.51. The highest BCUT2D eigenvalue weighted by Gasteiger charge is 2.79. The van der Waals surface area contributed by atoms with Crippen molar-refractivity contribution in [2.45, 2.75) is 62.8 Å². The van der Waals surface area contributed by atoms with Crippen LogP contribution in [-0.4, -0.2) is 46.7 Å². The third kappa shape index (κ3) is 2.00. The lowest BCUT2D eigenvalue weighted by molar-refractivity contribution is -0.207. The summed E-state index contributed by atoms with van der Waals surface area (Å²) in [5.41, 5.74) is -0.922. The minimum absolute atomic E-state index is 0.0462. The van der Waals surface area contributed by atoms with Gasteiger partial charge < -0.3 is 19.7 Å². The maximum absolute atomic E-state index is 11.6. The lowest BCUT2D eigenvalue weighted by Crippen LogP contribution is -2.60. The predicted molar refractivity (Wildman–Crippen MR) is 94.1 cm³/mol. The van der Waals surface area contributed by atoms with Gasteiger partial charge in [0.1, 0.15) is 6.61 Å². The molecule has 26 heavy (non-hydrogen) atoms. The van der Waals surface area contributed by atoms with Gasteiger partial charge in [0.15, 0.2) is 0 Å². The van der Waals surface area contributed by atoms with Gasteiger partial charge in [-0.1, -0.05) is 13.0 Å². The zero-order valence-corrected chi connectivity index (χ0v) is 15.5. The van der Waals surface area contributed by atoms with Gasteiger partial charge >= 0.3 is 5.97 Å². The van der Waals surface area contributed by atoms with Crippen LogP contribution in [0.1, 0.15) is 45.4 Å². The largest absolute Gasteiger partial charge is 0.460 e. The van der Waals surface area contributed by atoms with E-state index in [1.807, 2.05) is 0 Å². The summed E-state index contributed by atoms with van der Waals surface area (Å²) >= 11 is 0. The number of esters is 1. The molecule has 2 N–H and O–H groups in total. The van der Waals surface area contributed by atoms with Crippen molar-refractivity contribution in [3.63, 3.8) is 0 Å². The first-order chi connectivity index (χ1) is 12.4. The Kier molecular flexibility index (Phi) is 3.68. The molecule has 9 atom stereocenters. The van der Waals surface area contributed by atoms with Crippen LogP contribution in [0.3, 0.4) is 0 Å². The number of aliphatic hydroxyl groups is 2. The van der Waals surface area contributed by atoms with Gasteiger partial charge in [-0.05, 0) is 68.6 Å². The van der Waals surface area contributed by atoms with E-state index in [1.54, 1.807) is 6.92 Å². The van der Waals surface area contributed by atoms with E-state index in [0.717, 1.165) is 25.7 Å². The van der Waals surface area contributed by atoms with Crippen molar-refractivity contribution in [3.8, 4) is 0 Å². The number of carbonyl (C=O) groups excluding carboxylic acids is 1. The number of hydrogen-bond acceptors (Lipinski definition) is 5. The second-order valence-corrected chi connectivity index (χ2v) is 9.55. The number of ether oxygens (including phenoxy) is 2. The summed E-state index contributed by atoms with van der Waals surface area (Å²) in [6, 6.07) is 0. The van der Waals surface area contributed by atoms with Gasteiger partial charge in [-0.15, -0.1) is 0 Å². The molecule has 9 unspecified atom stereocenters. The van der Waals surface area contributed by atoms with Gasteiger partial charge in [0, 0.05) is 11.5 Å². The Morgan fingerprint density at radius 2 is 2.04 bits per heavy atom. The highest BCUT2D eigenvalue weighted by molar-refractivity contribution is 5.86. The zero-order valence-electron chi connectivity index (χ0n) is 15.5. The summed E-state index contributed by atoms with van der Waals surface area (Å²) in [6.45, 7) is 5.82. The highest BCUT2D eigenvalue weighted by atomic mass is 16.6. The van der Waals surface area contributed by atoms with E-state index < -0.39 is 11.7 Å². The van der Waals surface area contributed by atoms with Crippen molar-refractivity contribution in [2.24, 2.45) is 35.5 Å². The fourth-order valence-electron chi connectivity index (χ4n) is 8.01. The molecule has 0 saturated heterocycles. The molecule has 5 saturated carbocycles. The molecule has 144 valence electrons. The molecule has 0 aromatic heterocycles. The van der Waals surface area contributed by atoms with Crippen LogP contribution in [0.4, 0.5) is 0 Å². The molecule has 0 heterocycles. The lowest BCUT2D eigenvalue weighted by atomic mass is 9.60. The molecule has 5 aliphatic rings. The predicted octanol–water partition coefficient (Wildman–Crippen LogP) is 2.06. The smallest absolute Gasteiger partial charge is 0.333 e. The van der Waals surface area contributed by atoms with Crippen molar-refractivity contribution in [2.75, 3.05) is 13.2 Å². The van der Waals surface area contributed by atoms with Gasteiger partial charge in [-0.25, -0.2) is 4.79 Å². The molecule has 5 fully saturated rings. The maximum Gasteiger partial charge on any atom is 0.333 e. The van der Waals surface area contributed by atoms with Crippen molar-refractivity contribution < 1.29 is 24.5 Å². The van der Waals surface area contributed by atoms with Crippen LogP contribution in [0.15, 0.2) is 12.2 Å². The Bertz CT molecular complexity index is 646. The minimum Gasteiger partial charge on any atom is -0.460 e. The molecule has 5 aliphatic carbocycles. The third-order valence-electron chi connectivity index (χ3n) is 8.52. The van der Waals surface area contributed by atoms with Gasteiger partial charge in [-0.2, -0.15) is 0 Å². The summed E-state index contributed by atoms with van der Waals surface area (Å²) in [4.78, 5) is 11.6. The number of carbonyl (C=O) groups is 1. The third-order valence-corrected chi connectivity index (χ3v) is 8.52. The normalized spacial score (nSPS) is 53.0. The Morgan fingerprint density at radius 3 is 2.81 bits per heavy atom. The SMILES string of the molecule is C=C(C)C(=O)OCCOC12CC(C3CCCC31)C1C3CC(O)C(O)(C3)C12. The molecule has 0 aromatic rings. The Labute approximate surface area is 154 Å². The van der Waals surface area contributed by atoms with Crippen LogP contribution in [-0.2, 0) is 14.3 Å². The molecule has 5 rings (SSSR count). The number of hydrogen-bond donors (Lipinski definition) is 2. The molecular formula is C21H30O5. The average Bonchev–Trinajstić information content (AvgIpc) is 3.33. The minimum atomic E-state index is -0.980. The van der Waals surface area contributed by atoms with E-state index in [-0.39, 0.29) is 24.1 Å². The van der Waals surface area contributed by atoms with Gasteiger partial charge in [0.05, 0.1) is 23.9 Å². The van der Waals surface area contributed by atoms with Crippen molar-refractivity contribution in [1.82, 2.24) is 0 Å². The van der Waals surface area contributed by atoms with Crippen molar-refractivity contribution in [1.29, 1.82) is 0 Å². The van der Waals surface area contributed by atoms with E-state index in [2.05, 4.69) is 6.58 Å². The number of rotatable bonds is 5. The van der Waals surface area contributed by atoms with Crippen LogP contribution in [0.25, 0.3) is 0 Å². The average molecular weight is 362 g/mol. The molecule has 5 heteroatoms. The second-order valence-electron chi connectivity index (χ2n) is 9.55. The summed E-state index contributed by atoms with van der Waals surface area (Å²) in [6.07, 6.45) is 5.56. The monoisotopic (exact) mass is 362 g/mol. The molecule has 5 nitrogen and oxygen atoms in total. The first-order valence-corrected chi connectivity index (χ1v) is 10.3. The summed E-state index contributed by atoms with van der Waals surface area (Å²) in [5, 5.41) is 21.9.